The second kappa shape index (κ2) is 6.01. The summed E-state index contributed by atoms with van der Waals surface area (Å²) in [6.07, 6.45) is 1.56. The number of hydrogen-bond acceptors (Lipinski definition) is 4. The van der Waals surface area contributed by atoms with Crippen molar-refractivity contribution in [3.63, 3.8) is 0 Å². The van der Waals surface area contributed by atoms with E-state index in [4.69, 9.17) is 5.73 Å². The number of amides is 1. The third-order valence-corrected chi connectivity index (χ3v) is 3.83. The number of nitrogen functional groups attached to an aromatic ring is 1. The molecule has 1 aromatic carbocycles. The first-order valence-electron chi connectivity index (χ1n) is 7.16. The molecule has 0 atom stereocenters. The van der Waals surface area contributed by atoms with Crippen molar-refractivity contribution < 1.29 is 9.18 Å². The third kappa shape index (κ3) is 2.72. The second-order valence-electron chi connectivity index (χ2n) is 5.17. The molecule has 5 nitrogen and oxygen atoms in total. The largest absolute Gasteiger partial charge is 0.383 e. The summed E-state index contributed by atoms with van der Waals surface area (Å²) in [6.45, 7) is 2.24. The SMILES string of the molecule is Nc1ncccc1C(=O)N1CCN(c2ccccc2F)CC1. The quantitative estimate of drug-likeness (QED) is 0.918. The Morgan fingerprint density at radius 2 is 1.82 bits per heavy atom. The summed E-state index contributed by atoms with van der Waals surface area (Å²) in [4.78, 5) is 20.1. The van der Waals surface area contributed by atoms with Crippen molar-refractivity contribution in [2.45, 2.75) is 0 Å². The fourth-order valence-electron chi connectivity index (χ4n) is 2.63. The molecule has 3 rings (SSSR count). The van der Waals surface area contributed by atoms with Gasteiger partial charge in [0.25, 0.3) is 5.91 Å². The molecule has 22 heavy (non-hydrogen) atoms. The van der Waals surface area contributed by atoms with Crippen LogP contribution in [0.25, 0.3) is 0 Å². The number of carbonyl (C=O) groups excluding carboxylic acids is 1. The van der Waals surface area contributed by atoms with E-state index in [0.717, 1.165) is 0 Å². The maximum atomic E-state index is 13.8. The molecule has 6 heteroatoms. The van der Waals surface area contributed by atoms with Crippen molar-refractivity contribution in [2.75, 3.05) is 36.8 Å². The zero-order valence-corrected chi connectivity index (χ0v) is 12.1. The van der Waals surface area contributed by atoms with Gasteiger partial charge in [0.2, 0.25) is 0 Å². The Labute approximate surface area is 128 Å². The molecule has 0 spiro atoms. The Hall–Kier alpha value is -2.63. The van der Waals surface area contributed by atoms with Crippen molar-refractivity contribution in [2.24, 2.45) is 0 Å². The van der Waals surface area contributed by atoms with Gasteiger partial charge in [-0.1, -0.05) is 12.1 Å². The summed E-state index contributed by atoms with van der Waals surface area (Å²) in [5, 5.41) is 0. The molecule has 1 aliphatic heterocycles. The number of nitrogens with two attached hydrogens (primary N) is 1. The summed E-state index contributed by atoms with van der Waals surface area (Å²) in [6, 6.07) is 10.1. The minimum absolute atomic E-state index is 0.126. The van der Waals surface area contributed by atoms with Crippen LogP contribution in [-0.2, 0) is 0 Å². The Bertz CT molecular complexity index is 683. The maximum absolute atomic E-state index is 13.8. The number of rotatable bonds is 2. The van der Waals surface area contributed by atoms with Gasteiger partial charge in [-0.05, 0) is 24.3 Å². The van der Waals surface area contributed by atoms with Gasteiger partial charge in [-0.3, -0.25) is 4.79 Å². The minimum atomic E-state index is -0.237. The number of aromatic nitrogens is 1. The summed E-state index contributed by atoms with van der Waals surface area (Å²) in [7, 11) is 0. The van der Waals surface area contributed by atoms with Crippen LogP contribution in [0, 0.1) is 5.82 Å². The highest BCUT2D eigenvalue weighted by molar-refractivity contribution is 5.98. The number of pyridine rings is 1. The summed E-state index contributed by atoms with van der Waals surface area (Å²) >= 11 is 0. The highest BCUT2D eigenvalue weighted by atomic mass is 19.1. The van der Waals surface area contributed by atoms with Gasteiger partial charge in [-0.25, -0.2) is 9.37 Å². The van der Waals surface area contributed by atoms with Crippen LogP contribution >= 0.6 is 0 Å². The second-order valence-corrected chi connectivity index (χ2v) is 5.17. The van der Waals surface area contributed by atoms with E-state index in [0.29, 0.717) is 37.4 Å². The molecule has 1 aliphatic rings. The lowest BCUT2D eigenvalue weighted by atomic mass is 10.2. The third-order valence-electron chi connectivity index (χ3n) is 3.83. The van der Waals surface area contributed by atoms with Gasteiger partial charge in [-0.2, -0.15) is 0 Å². The number of anilines is 2. The van der Waals surface area contributed by atoms with Gasteiger partial charge >= 0.3 is 0 Å². The Morgan fingerprint density at radius 1 is 1.09 bits per heavy atom. The highest BCUT2D eigenvalue weighted by Gasteiger charge is 2.24. The van der Waals surface area contributed by atoms with E-state index in [2.05, 4.69) is 4.98 Å². The van der Waals surface area contributed by atoms with Crippen LogP contribution < -0.4 is 10.6 Å². The van der Waals surface area contributed by atoms with Crippen molar-refractivity contribution in [1.29, 1.82) is 0 Å². The first-order valence-corrected chi connectivity index (χ1v) is 7.16. The first-order chi connectivity index (χ1) is 10.7. The molecule has 0 radical (unpaired) electrons. The maximum Gasteiger partial charge on any atom is 0.257 e. The standard InChI is InChI=1S/C16H17FN4O/c17-13-5-1-2-6-14(13)20-8-10-21(11-9-20)16(22)12-4-3-7-19-15(12)18/h1-7H,8-11H2,(H2,18,19). The van der Waals surface area contributed by atoms with E-state index >= 15 is 0 Å². The van der Waals surface area contributed by atoms with Crippen molar-refractivity contribution in [3.05, 3.63) is 54.0 Å². The van der Waals surface area contributed by atoms with E-state index < -0.39 is 0 Å². The predicted octanol–water partition coefficient (Wildman–Crippen LogP) is 1.77. The number of para-hydroxylation sites is 1. The molecule has 2 aromatic rings. The van der Waals surface area contributed by atoms with Crippen LogP contribution in [0.5, 0.6) is 0 Å². The molecule has 1 fully saturated rings. The van der Waals surface area contributed by atoms with Crippen LogP contribution in [0.4, 0.5) is 15.9 Å². The topological polar surface area (TPSA) is 62.5 Å². The van der Waals surface area contributed by atoms with Gasteiger partial charge in [0.1, 0.15) is 11.6 Å². The number of halogens is 1. The van der Waals surface area contributed by atoms with Crippen molar-refractivity contribution >= 4 is 17.4 Å². The average molecular weight is 300 g/mol. The van der Waals surface area contributed by atoms with E-state index in [-0.39, 0.29) is 17.5 Å². The number of piperazine rings is 1. The molecule has 2 N–H and O–H groups in total. The molecule has 1 saturated heterocycles. The molecule has 1 amide bonds. The molecule has 0 saturated carbocycles. The van der Waals surface area contributed by atoms with Gasteiger partial charge < -0.3 is 15.5 Å². The lowest BCUT2D eigenvalue weighted by Gasteiger charge is -2.36. The highest BCUT2D eigenvalue weighted by Crippen LogP contribution is 2.21. The Morgan fingerprint density at radius 3 is 2.50 bits per heavy atom. The molecule has 2 heterocycles. The zero-order valence-electron chi connectivity index (χ0n) is 12.1. The molecule has 114 valence electrons. The van der Waals surface area contributed by atoms with E-state index in [1.165, 1.54) is 6.07 Å². The molecular formula is C16H17FN4O. The van der Waals surface area contributed by atoms with E-state index in [1.807, 2.05) is 11.0 Å². The molecule has 0 unspecified atom stereocenters. The van der Waals surface area contributed by atoms with Crippen LogP contribution in [0.2, 0.25) is 0 Å². The van der Waals surface area contributed by atoms with E-state index in [1.54, 1.807) is 35.4 Å². The monoisotopic (exact) mass is 300 g/mol. The molecule has 0 bridgehead atoms. The molecule has 0 aliphatic carbocycles. The number of carbonyl (C=O) groups is 1. The molecular weight excluding hydrogens is 283 g/mol. The van der Waals surface area contributed by atoms with E-state index in [9.17, 15) is 9.18 Å². The van der Waals surface area contributed by atoms with Gasteiger partial charge in [0.05, 0.1) is 11.3 Å². The fraction of sp³-hybridized carbons (Fsp3) is 0.250. The normalized spacial score (nSPS) is 15.0. The van der Waals surface area contributed by atoms with Gasteiger partial charge in [0, 0.05) is 32.4 Å². The first kappa shape index (κ1) is 14.3. The smallest absolute Gasteiger partial charge is 0.257 e. The summed E-state index contributed by atoms with van der Waals surface area (Å²) in [5.74, 6) is -0.124. The van der Waals surface area contributed by atoms with Crippen molar-refractivity contribution in [1.82, 2.24) is 9.88 Å². The predicted molar refractivity (Wildman–Crippen MR) is 83.2 cm³/mol. The fourth-order valence-corrected chi connectivity index (χ4v) is 2.63. The lowest BCUT2D eigenvalue weighted by Crippen LogP contribution is -2.49. The van der Waals surface area contributed by atoms with Crippen molar-refractivity contribution in [3.8, 4) is 0 Å². The van der Waals surface area contributed by atoms with Crippen LogP contribution in [0.1, 0.15) is 10.4 Å². The van der Waals surface area contributed by atoms with Gasteiger partial charge in [-0.15, -0.1) is 0 Å². The number of benzene rings is 1. The Kier molecular flexibility index (Phi) is 3.91. The lowest BCUT2D eigenvalue weighted by molar-refractivity contribution is 0.0747. The zero-order chi connectivity index (χ0) is 15.5. The van der Waals surface area contributed by atoms with Crippen LogP contribution in [0.3, 0.4) is 0 Å². The van der Waals surface area contributed by atoms with Gasteiger partial charge in [0.15, 0.2) is 0 Å². The molecule has 1 aromatic heterocycles. The minimum Gasteiger partial charge on any atom is -0.383 e. The average Bonchev–Trinajstić information content (AvgIpc) is 2.55. The Balaban J connectivity index is 1.68. The van der Waals surface area contributed by atoms with Crippen LogP contribution in [-0.4, -0.2) is 42.0 Å². The van der Waals surface area contributed by atoms with Crippen LogP contribution in [0.15, 0.2) is 42.6 Å². The number of hydrogen-bond donors (Lipinski definition) is 1. The number of nitrogens with zero attached hydrogens (tertiary/aromatic N) is 3. The summed E-state index contributed by atoms with van der Waals surface area (Å²) < 4.78 is 13.8. The summed E-state index contributed by atoms with van der Waals surface area (Å²) in [5.41, 5.74) is 6.75.